The van der Waals surface area contributed by atoms with Crippen LogP contribution in [0.4, 0.5) is 4.79 Å². The number of esters is 1. The van der Waals surface area contributed by atoms with Crippen molar-refractivity contribution < 1.29 is 33.8 Å². The molecule has 37 heavy (non-hydrogen) atoms. The number of aryl methyl sites for hydroxylation is 1. The van der Waals surface area contributed by atoms with Gasteiger partial charge >= 0.3 is 12.1 Å². The Labute approximate surface area is 219 Å². The Balaban J connectivity index is 2.36. The highest BCUT2D eigenvalue weighted by molar-refractivity contribution is 5.92. The summed E-state index contributed by atoms with van der Waals surface area (Å²) in [5.41, 5.74) is 0.884. The van der Waals surface area contributed by atoms with E-state index >= 15 is 0 Å². The van der Waals surface area contributed by atoms with Crippen LogP contribution in [0.3, 0.4) is 0 Å². The number of benzene rings is 1. The second-order valence-electron chi connectivity index (χ2n) is 10.1. The molecule has 10 nitrogen and oxygen atoms in total. The SMILES string of the molecule is CCOC(=O)CCNC(=O)C(c1ccc(CC)cc1)N(C(=O)C(CO)NC(=O)OC(C)(C)C)C1CCC1. The first-order valence-electron chi connectivity index (χ1n) is 12.9. The van der Waals surface area contributed by atoms with E-state index in [0.717, 1.165) is 18.4 Å². The number of hydrogen-bond acceptors (Lipinski definition) is 7. The second kappa shape index (κ2) is 14.0. The van der Waals surface area contributed by atoms with Crippen LogP contribution in [-0.4, -0.2) is 71.3 Å². The van der Waals surface area contributed by atoms with Crippen molar-refractivity contribution in [3.63, 3.8) is 0 Å². The molecule has 0 aliphatic heterocycles. The monoisotopic (exact) mass is 519 g/mol. The summed E-state index contributed by atoms with van der Waals surface area (Å²) >= 11 is 0. The van der Waals surface area contributed by atoms with Crippen molar-refractivity contribution in [1.82, 2.24) is 15.5 Å². The molecule has 0 spiro atoms. The van der Waals surface area contributed by atoms with E-state index in [1.54, 1.807) is 27.7 Å². The van der Waals surface area contributed by atoms with Crippen LogP contribution >= 0.6 is 0 Å². The molecule has 1 aliphatic rings. The van der Waals surface area contributed by atoms with Gasteiger partial charge in [-0.15, -0.1) is 0 Å². The summed E-state index contributed by atoms with van der Waals surface area (Å²) in [7, 11) is 0. The van der Waals surface area contributed by atoms with Gasteiger partial charge in [-0.05, 0) is 64.5 Å². The van der Waals surface area contributed by atoms with E-state index in [1.165, 1.54) is 4.90 Å². The molecule has 2 atom stereocenters. The minimum atomic E-state index is -1.29. The number of ether oxygens (including phenoxy) is 2. The van der Waals surface area contributed by atoms with Gasteiger partial charge in [-0.1, -0.05) is 31.2 Å². The van der Waals surface area contributed by atoms with Crippen LogP contribution < -0.4 is 10.6 Å². The Morgan fingerprint density at radius 2 is 1.76 bits per heavy atom. The number of aliphatic hydroxyl groups is 1. The molecule has 0 aromatic heterocycles. The topological polar surface area (TPSA) is 134 Å². The molecule has 2 unspecified atom stereocenters. The van der Waals surface area contributed by atoms with Crippen molar-refractivity contribution in [3.8, 4) is 0 Å². The third-order valence-corrected chi connectivity index (χ3v) is 6.06. The van der Waals surface area contributed by atoms with E-state index in [2.05, 4.69) is 10.6 Å². The lowest BCUT2D eigenvalue weighted by molar-refractivity contribution is -0.148. The number of aliphatic hydroxyl groups excluding tert-OH is 1. The number of rotatable bonds is 12. The van der Waals surface area contributed by atoms with Crippen LogP contribution in [0.1, 0.15) is 77.5 Å². The summed E-state index contributed by atoms with van der Waals surface area (Å²) in [4.78, 5) is 52.9. The number of amides is 3. The highest BCUT2D eigenvalue weighted by atomic mass is 16.6. The van der Waals surface area contributed by atoms with Crippen molar-refractivity contribution >= 4 is 23.9 Å². The summed E-state index contributed by atoms with van der Waals surface area (Å²) in [5.74, 6) is -1.47. The average molecular weight is 520 g/mol. The van der Waals surface area contributed by atoms with Crippen LogP contribution in [0.25, 0.3) is 0 Å². The van der Waals surface area contributed by atoms with Crippen LogP contribution in [-0.2, 0) is 30.3 Å². The average Bonchev–Trinajstić information content (AvgIpc) is 2.80. The zero-order valence-corrected chi connectivity index (χ0v) is 22.5. The Morgan fingerprint density at radius 1 is 1.11 bits per heavy atom. The lowest BCUT2D eigenvalue weighted by atomic mass is 9.88. The minimum Gasteiger partial charge on any atom is -0.466 e. The fourth-order valence-corrected chi connectivity index (χ4v) is 3.99. The molecule has 1 fully saturated rings. The molecule has 2 rings (SSSR count). The van der Waals surface area contributed by atoms with E-state index in [9.17, 15) is 24.3 Å². The first-order valence-corrected chi connectivity index (χ1v) is 12.9. The lowest BCUT2D eigenvalue weighted by Gasteiger charge is -2.43. The van der Waals surface area contributed by atoms with E-state index in [-0.39, 0.29) is 25.6 Å². The Kier molecular flexibility index (Phi) is 11.4. The van der Waals surface area contributed by atoms with Crippen molar-refractivity contribution in [2.75, 3.05) is 19.8 Å². The lowest BCUT2D eigenvalue weighted by Crippen LogP contribution is -2.58. The molecule has 0 heterocycles. The Bertz CT molecular complexity index is 923. The molecule has 1 aliphatic carbocycles. The molecule has 206 valence electrons. The Hall–Kier alpha value is -3.14. The smallest absolute Gasteiger partial charge is 0.408 e. The maximum Gasteiger partial charge on any atom is 0.408 e. The molecule has 0 bridgehead atoms. The number of carbonyl (C=O) groups excluding carboxylic acids is 4. The predicted octanol–water partition coefficient (Wildman–Crippen LogP) is 2.63. The molecular weight excluding hydrogens is 478 g/mol. The van der Waals surface area contributed by atoms with Gasteiger partial charge in [-0.2, -0.15) is 0 Å². The van der Waals surface area contributed by atoms with Gasteiger partial charge in [0, 0.05) is 12.6 Å². The molecule has 1 saturated carbocycles. The molecule has 3 amide bonds. The first kappa shape index (κ1) is 30.1. The molecular formula is C27H41N3O7. The van der Waals surface area contributed by atoms with E-state index in [0.29, 0.717) is 18.4 Å². The summed E-state index contributed by atoms with van der Waals surface area (Å²) in [6.45, 7) is 8.44. The van der Waals surface area contributed by atoms with Crippen LogP contribution in [0.5, 0.6) is 0 Å². The summed E-state index contributed by atoms with van der Waals surface area (Å²) in [6.07, 6.45) is 2.25. The van der Waals surface area contributed by atoms with E-state index in [1.807, 2.05) is 31.2 Å². The number of carbonyl (C=O) groups is 4. The fraction of sp³-hybridized carbons (Fsp3) is 0.630. The largest absolute Gasteiger partial charge is 0.466 e. The van der Waals surface area contributed by atoms with Gasteiger partial charge in [0.15, 0.2) is 0 Å². The third-order valence-electron chi connectivity index (χ3n) is 6.06. The fourth-order valence-electron chi connectivity index (χ4n) is 3.99. The molecule has 10 heteroatoms. The summed E-state index contributed by atoms with van der Waals surface area (Å²) in [6, 6.07) is 4.88. The van der Waals surface area contributed by atoms with E-state index in [4.69, 9.17) is 9.47 Å². The quantitative estimate of drug-likeness (QED) is 0.361. The van der Waals surface area contributed by atoms with E-state index < -0.39 is 48.2 Å². The van der Waals surface area contributed by atoms with Crippen molar-refractivity contribution in [2.45, 2.75) is 90.4 Å². The summed E-state index contributed by atoms with van der Waals surface area (Å²) < 4.78 is 10.2. The molecule has 0 saturated heterocycles. The van der Waals surface area contributed by atoms with Gasteiger partial charge in [0.05, 0.1) is 19.6 Å². The number of hydrogen-bond donors (Lipinski definition) is 3. The maximum atomic E-state index is 13.8. The standard InChI is InChI=1S/C27H41N3O7/c1-6-18-11-13-19(14-12-18)23(24(33)28-16-15-22(32)36-7-2)30(20-9-8-10-20)25(34)21(17-31)29-26(35)37-27(3,4)5/h11-14,20-21,23,31H,6-10,15-17H2,1-5H3,(H,28,33)(H,29,35). The minimum absolute atomic E-state index is 0.00207. The van der Waals surface area contributed by atoms with Gasteiger partial charge in [0.1, 0.15) is 17.7 Å². The van der Waals surface area contributed by atoms with Gasteiger partial charge in [-0.25, -0.2) is 4.79 Å². The van der Waals surface area contributed by atoms with Crippen molar-refractivity contribution in [2.24, 2.45) is 0 Å². The van der Waals surface area contributed by atoms with Crippen LogP contribution in [0.15, 0.2) is 24.3 Å². The summed E-state index contributed by atoms with van der Waals surface area (Å²) in [5, 5.41) is 15.2. The zero-order chi connectivity index (χ0) is 27.6. The third kappa shape index (κ3) is 9.03. The van der Waals surface area contributed by atoms with Gasteiger partial charge in [0.25, 0.3) is 0 Å². The number of alkyl carbamates (subject to hydrolysis) is 1. The normalized spacial score (nSPS) is 15.1. The zero-order valence-electron chi connectivity index (χ0n) is 22.5. The maximum absolute atomic E-state index is 13.8. The second-order valence-corrected chi connectivity index (χ2v) is 10.1. The van der Waals surface area contributed by atoms with Gasteiger partial charge in [-0.3, -0.25) is 14.4 Å². The highest BCUT2D eigenvalue weighted by Gasteiger charge is 2.41. The number of nitrogens with one attached hydrogen (secondary N) is 2. The molecule has 0 radical (unpaired) electrons. The number of nitrogens with zero attached hydrogens (tertiary/aromatic N) is 1. The van der Waals surface area contributed by atoms with Gasteiger partial charge in [0.2, 0.25) is 11.8 Å². The van der Waals surface area contributed by atoms with Gasteiger partial charge < -0.3 is 30.1 Å². The van der Waals surface area contributed by atoms with Crippen LogP contribution in [0.2, 0.25) is 0 Å². The predicted molar refractivity (Wildman–Crippen MR) is 138 cm³/mol. The molecule has 1 aromatic carbocycles. The Morgan fingerprint density at radius 3 is 2.24 bits per heavy atom. The first-order chi connectivity index (χ1) is 17.5. The van der Waals surface area contributed by atoms with Crippen LogP contribution in [0, 0.1) is 0 Å². The molecule has 1 aromatic rings. The highest BCUT2D eigenvalue weighted by Crippen LogP contribution is 2.34. The van der Waals surface area contributed by atoms with Crippen molar-refractivity contribution in [1.29, 1.82) is 0 Å². The molecule has 3 N–H and O–H groups in total. The van der Waals surface area contributed by atoms with Crippen molar-refractivity contribution in [3.05, 3.63) is 35.4 Å².